The van der Waals surface area contributed by atoms with Gasteiger partial charge in [-0.2, -0.15) is 5.10 Å². The lowest BCUT2D eigenvalue weighted by Crippen LogP contribution is -1.99. The number of aromatic amines is 1. The molecule has 0 atom stereocenters. The van der Waals surface area contributed by atoms with Gasteiger partial charge in [-0.25, -0.2) is 0 Å². The standard InChI is InChI=1S/C11H10N2O3/c14-11(15)5-8-1-3-9(4-2-8)16-10-6-12-13-7-10/h1-4,6-7H,5H2,(H,12,13)(H,14,15). The third-order valence-electron chi connectivity index (χ3n) is 1.99. The number of benzene rings is 1. The maximum Gasteiger partial charge on any atom is 0.307 e. The van der Waals surface area contributed by atoms with E-state index >= 15 is 0 Å². The maximum absolute atomic E-state index is 10.5. The minimum absolute atomic E-state index is 0.0198. The number of H-pyrrole nitrogens is 1. The first-order valence-electron chi connectivity index (χ1n) is 4.71. The van der Waals surface area contributed by atoms with Crippen molar-refractivity contribution in [3.05, 3.63) is 42.2 Å². The molecular formula is C11H10N2O3. The number of aromatic nitrogens is 2. The molecule has 2 rings (SSSR count). The van der Waals surface area contributed by atoms with Gasteiger partial charge in [0.05, 0.1) is 18.8 Å². The number of nitrogens with zero attached hydrogens (tertiary/aromatic N) is 1. The summed E-state index contributed by atoms with van der Waals surface area (Å²) in [5.41, 5.74) is 0.743. The topological polar surface area (TPSA) is 75.2 Å². The van der Waals surface area contributed by atoms with Gasteiger partial charge in [0.25, 0.3) is 0 Å². The Morgan fingerprint density at radius 1 is 1.31 bits per heavy atom. The zero-order valence-electron chi connectivity index (χ0n) is 8.38. The summed E-state index contributed by atoms with van der Waals surface area (Å²) in [5, 5.41) is 15.0. The van der Waals surface area contributed by atoms with Gasteiger partial charge in [0.2, 0.25) is 0 Å². The fourth-order valence-corrected chi connectivity index (χ4v) is 1.28. The summed E-state index contributed by atoms with van der Waals surface area (Å²) >= 11 is 0. The molecule has 1 aromatic heterocycles. The number of rotatable bonds is 4. The Hall–Kier alpha value is -2.30. The van der Waals surface area contributed by atoms with Crippen LogP contribution in [0.1, 0.15) is 5.56 Å². The summed E-state index contributed by atoms with van der Waals surface area (Å²) in [7, 11) is 0. The lowest BCUT2D eigenvalue weighted by Gasteiger charge is -2.03. The van der Waals surface area contributed by atoms with E-state index in [2.05, 4.69) is 10.2 Å². The molecule has 0 spiro atoms. The van der Waals surface area contributed by atoms with E-state index in [0.717, 1.165) is 5.56 Å². The van der Waals surface area contributed by atoms with Crippen molar-refractivity contribution in [1.82, 2.24) is 10.2 Å². The first-order valence-corrected chi connectivity index (χ1v) is 4.71. The predicted molar refractivity (Wildman–Crippen MR) is 56.4 cm³/mol. The van der Waals surface area contributed by atoms with Crippen molar-refractivity contribution in [3.8, 4) is 11.5 Å². The van der Waals surface area contributed by atoms with E-state index < -0.39 is 5.97 Å². The Balaban J connectivity index is 2.05. The van der Waals surface area contributed by atoms with Crippen LogP contribution in [0.5, 0.6) is 11.5 Å². The number of carboxylic acid groups (broad SMARTS) is 1. The van der Waals surface area contributed by atoms with Gasteiger partial charge < -0.3 is 9.84 Å². The molecule has 0 aliphatic rings. The summed E-state index contributed by atoms with van der Waals surface area (Å²) in [6.07, 6.45) is 3.21. The fraction of sp³-hybridized carbons (Fsp3) is 0.0909. The largest absolute Gasteiger partial charge is 0.481 e. The summed E-state index contributed by atoms with van der Waals surface area (Å²) in [6, 6.07) is 6.91. The quantitative estimate of drug-likeness (QED) is 0.820. The Morgan fingerprint density at radius 2 is 2.06 bits per heavy atom. The van der Waals surface area contributed by atoms with E-state index in [-0.39, 0.29) is 6.42 Å². The second-order valence-electron chi connectivity index (χ2n) is 3.25. The SMILES string of the molecule is O=C(O)Cc1ccc(Oc2cn[nH]c2)cc1. The second-order valence-corrected chi connectivity index (χ2v) is 3.25. The normalized spacial score (nSPS) is 10.0. The van der Waals surface area contributed by atoms with Crippen molar-refractivity contribution in [3.63, 3.8) is 0 Å². The molecule has 1 aromatic carbocycles. The number of hydrogen-bond donors (Lipinski definition) is 2. The molecule has 0 fully saturated rings. The Kier molecular flexibility index (Phi) is 2.86. The Bertz CT molecular complexity index is 462. The molecule has 0 amide bonds. The predicted octanol–water partition coefficient (Wildman–Crippen LogP) is 1.83. The highest BCUT2D eigenvalue weighted by Crippen LogP contribution is 2.20. The van der Waals surface area contributed by atoms with E-state index in [0.29, 0.717) is 11.5 Å². The van der Waals surface area contributed by atoms with Gasteiger partial charge in [-0.1, -0.05) is 12.1 Å². The average molecular weight is 218 g/mol. The van der Waals surface area contributed by atoms with Gasteiger partial charge >= 0.3 is 5.97 Å². The molecule has 0 aliphatic carbocycles. The van der Waals surface area contributed by atoms with Crippen LogP contribution in [0.2, 0.25) is 0 Å². The van der Waals surface area contributed by atoms with E-state index in [1.54, 1.807) is 36.7 Å². The second kappa shape index (κ2) is 4.48. The van der Waals surface area contributed by atoms with Crippen molar-refractivity contribution in [2.75, 3.05) is 0 Å². The van der Waals surface area contributed by atoms with Crippen LogP contribution in [0.3, 0.4) is 0 Å². The number of hydrogen-bond acceptors (Lipinski definition) is 3. The third-order valence-corrected chi connectivity index (χ3v) is 1.99. The van der Waals surface area contributed by atoms with Gasteiger partial charge in [0, 0.05) is 0 Å². The average Bonchev–Trinajstić information content (AvgIpc) is 2.73. The molecule has 82 valence electrons. The lowest BCUT2D eigenvalue weighted by molar-refractivity contribution is -0.136. The maximum atomic E-state index is 10.5. The number of carboxylic acids is 1. The van der Waals surface area contributed by atoms with Gasteiger partial charge in [-0.05, 0) is 17.7 Å². The minimum Gasteiger partial charge on any atom is -0.481 e. The van der Waals surface area contributed by atoms with Crippen molar-refractivity contribution < 1.29 is 14.6 Å². The summed E-state index contributed by atoms with van der Waals surface area (Å²) in [6.45, 7) is 0. The van der Waals surface area contributed by atoms with E-state index in [9.17, 15) is 4.79 Å². The van der Waals surface area contributed by atoms with Gasteiger partial charge in [-0.15, -0.1) is 0 Å². The van der Waals surface area contributed by atoms with E-state index in [1.165, 1.54) is 0 Å². The zero-order chi connectivity index (χ0) is 11.4. The van der Waals surface area contributed by atoms with Crippen molar-refractivity contribution >= 4 is 5.97 Å². The number of ether oxygens (including phenoxy) is 1. The number of nitrogens with one attached hydrogen (secondary N) is 1. The van der Waals surface area contributed by atoms with Crippen molar-refractivity contribution in [1.29, 1.82) is 0 Å². The smallest absolute Gasteiger partial charge is 0.307 e. The highest BCUT2D eigenvalue weighted by Gasteiger charge is 2.01. The monoisotopic (exact) mass is 218 g/mol. The van der Waals surface area contributed by atoms with Gasteiger partial charge in [-0.3, -0.25) is 9.89 Å². The van der Waals surface area contributed by atoms with Crippen LogP contribution >= 0.6 is 0 Å². The molecule has 0 bridgehead atoms. The highest BCUT2D eigenvalue weighted by molar-refractivity contribution is 5.70. The Morgan fingerprint density at radius 3 is 2.62 bits per heavy atom. The fourth-order valence-electron chi connectivity index (χ4n) is 1.28. The summed E-state index contributed by atoms with van der Waals surface area (Å²) < 4.78 is 5.44. The molecule has 0 radical (unpaired) electrons. The molecule has 5 heteroatoms. The number of aliphatic carboxylic acids is 1. The van der Waals surface area contributed by atoms with Gasteiger partial charge in [0.1, 0.15) is 5.75 Å². The first kappa shape index (κ1) is 10.2. The lowest BCUT2D eigenvalue weighted by atomic mass is 10.1. The molecule has 0 saturated carbocycles. The van der Waals surface area contributed by atoms with Crippen LogP contribution in [0.15, 0.2) is 36.7 Å². The van der Waals surface area contributed by atoms with Crippen LogP contribution in [0.25, 0.3) is 0 Å². The van der Waals surface area contributed by atoms with Crippen molar-refractivity contribution in [2.24, 2.45) is 0 Å². The highest BCUT2D eigenvalue weighted by atomic mass is 16.5. The molecule has 16 heavy (non-hydrogen) atoms. The summed E-state index contributed by atoms with van der Waals surface area (Å²) in [5.74, 6) is 0.421. The van der Waals surface area contributed by atoms with Crippen LogP contribution in [-0.4, -0.2) is 21.3 Å². The first-order chi connectivity index (χ1) is 7.74. The Labute approximate surface area is 91.7 Å². The zero-order valence-corrected chi connectivity index (χ0v) is 8.38. The van der Waals surface area contributed by atoms with Crippen LogP contribution < -0.4 is 4.74 Å². The summed E-state index contributed by atoms with van der Waals surface area (Å²) in [4.78, 5) is 10.5. The molecular weight excluding hydrogens is 208 g/mol. The van der Waals surface area contributed by atoms with E-state index in [4.69, 9.17) is 9.84 Å². The molecule has 0 saturated heterocycles. The third kappa shape index (κ3) is 2.60. The number of carbonyl (C=O) groups is 1. The molecule has 2 N–H and O–H groups in total. The van der Waals surface area contributed by atoms with Crippen LogP contribution in [0, 0.1) is 0 Å². The minimum atomic E-state index is -0.844. The van der Waals surface area contributed by atoms with Gasteiger partial charge in [0.15, 0.2) is 5.75 Å². The molecule has 0 unspecified atom stereocenters. The molecule has 1 heterocycles. The molecule has 2 aromatic rings. The van der Waals surface area contributed by atoms with Crippen molar-refractivity contribution in [2.45, 2.75) is 6.42 Å². The van der Waals surface area contributed by atoms with Crippen LogP contribution in [-0.2, 0) is 11.2 Å². The molecule has 5 nitrogen and oxygen atoms in total. The van der Waals surface area contributed by atoms with Crippen LogP contribution in [0.4, 0.5) is 0 Å². The molecule has 0 aliphatic heterocycles. The van der Waals surface area contributed by atoms with E-state index in [1.807, 2.05) is 0 Å².